The van der Waals surface area contributed by atoms with Gasteiger partial charge in [0.05, 0.1) is 7.11 Å². The second-order valence-electron chi connectivity index (χ2n) is 5.09. The molecule has 1 atom stereocenters. The van der Waals surface area contributed by atoms with Crippen molar-refractivity contribution in [2.45, 2.75) is 25.8 Å². The maximum absolute atomic E-state index is 12.4. The van der Waals surface area contributed by atoms with Gasteiger partial charge >= 0.3 is 0 Å². The molecule has 1 aliphatic rings. The molecular weight excluding hydrogens is 252 g/mol. The van der Waals surface area contributed by atoms with E-state index >= 15 is 0 Å². The zero-order valence-electron chi connectivity index (χ0n) is 12.1. The SMILES string of the molecule is COc1ccccc1C(C)=CC(=O)N1CCCC1CN. The van der Waals surface area contributed by atoms with Crippen molar-refractivity contribution in [2.75, 3.05) is 20.2 Å². The molecule has 1 aromatic rings. The van der Waals surface area contributed by atoms with E-state index in [9.17, 15) is 4.79 Å². The number of methoxy groups -OCH3 is 1. The van der Waals surface area contributed by atoms with Gasteiger partial charge in [-0.1, -0.05) is 18.2 Å². The maximum atomic E-state index is 12.4. The third-order valence-electron chi connectivity index (χ3n) is 3.80. The van der Waals surface area contributed by atoms with Gasteiger partial charge < -0.3 is 15.4 Å². The number of ether oxygens (including phenoxy) is 1. The van der Waals surface area contributed by atoms with Crippen molar-refractivity contribution in [1.29, 1.82) is 0 Å². The summed E-state index contributed by atoms with van der Waals surface area (Å²) in [6.45, 7) is 3.27. The number of nitrogens with zero attached hydrogens (tertiary/aromatic N) is 1. The van der Waals surface area contributed by atoms with Crippen LogP contribution in [0.25, 0.3) is 5.57 Å². The van der Waals surface area contributed by atoms with Crippen LogP contribution in [0.4, 0.5) is 0 Å². The van der Waals surface area contributed by atoms with Crippen molar-refractivity contribution >= 4 is 11.5 Å². The minimum absolute atomic E-state index is 0.0429. The number of hydrogen-bond acceptors (Lipinski definition) is 3. The number of carbonyl (C=O) groups is 1. The van der Waals surface area contributed by atoms with Crippen LogP contribution in [0.5, 0.6) is 5.75 Å². The quantitative estimate of drug-likeness (QED) is 0.855. The Hall–Kier alpha value is -1.81. The van der Waals surface area contributed by atoms with Crippen LogP contribution in [0.15, 0.2) is 30.3 Å². The lowest BCUT2D eigenvalue weighted by Crippen LogP contribution is -2.39. The molecule has 1 saturated heterocycles. The number of para-hydroxylation sites is 1. The Morgan fingerprint density at radius 2 is 2.25 bits per heavy atom. The topological polar surface area (TPSA) is 55.6 Å². The first-order valence-corrected chi connectivity index (χ1v) is 6.99. The van der Waals surface area contributed by atoms with Crippen molar-refractivity contribution in [3.05, 3.63) is 35.9 Å². The van der Waals surface area contributed by atoms with Crippen molar-refractivity contribution in [2.24, 2.45) is 5.73 Å². The van der Waals surface area contributed by atoms with Crippen molar-refractivity contribution in [3.63, 3.8) is 0 Å². The van der Waals surface area contributed by atoms with Gasteiger partial charge in [-0.15, -0.1) is 0 Å². The molecule has 1 aliphatic heterocycles. The zero-order chi connectivity index (χ0) is 14.5. The normalized spacial score (nSPS) is 19.2. The first kappa shape index (κ1) is 14.6. The number of amides is 1. The van der Waals surface area contributed by atoms with E-state index in [0.29, 0.717) is 6.54 Å². The summed E-state index contributed by atoms with van der Waals surface area (Å²) in [6.07, 6.45) is 3.73. The number of hydrogen-bond donors (Lipinski definition) is 1. The summed E-state index contributed by atoms with van der Waals surface area (Å²) in [4.78, 5) is 14.2. The molecular formula is C16H22N2O2. The molecule has 0 aliphatic carbocycles. The molecule has 0 spiro atoms. The molecule has 2 rings (SSSR count). The molecule has 2 N–H and O–H groups in total. The highest BCUT2D eigenvalue weighted by Gasteiger charge is 2.26. The molecule has 1 amide bonds. The predicted octanol–water partition coefficient (Wildman–Crippen LogP) is 2.05. The molecule has 1 heterocycles. The van der Waals surface area contributed by atoms with Crippen molar-refractivity contribution in [1.82, 2.24) is 4.90 Å². The van der Waals surface area contributed by atoms with Crippen molar-refractivity contribution < 1.29 is 9.53 Å². The van der Waals surface area contributed by atoms with Gasteiger partial charge in [-0.2, -0.15) is 0 Å². The summed E-state index contributed by atoms with van der Waals surface area (Å²) in [5.41, 5.74) is 7.58. The van der Waals surface area contributed by atoms with E-state index in [1.54, 1.807) is 13.2 Å². The van der Waals surface area contributed by atoms with Gasteiger partial charge in [0.25, 0.3) is 0 Å². The Balaban J connectivity index is 2.19. The number of rotatable bonds is 4. The van der Waals surface area contributed by atoms with Gasteiger partial charge in [0.2, 0.25) is 5.91 Å². The molecule has 1 unspecified atom stereocenters. The average molecular weight is 274 g/mol. The highest BCUT2D eigenvalue weighted by molar-refractivity contribution is 5.95. The van der Waals surface area contributed by atoms with Crippen LogP contribution in [0.3, 0.4) is 0 Å². The van der Waals surface area contributed by atoms with E-state index in [0.717, 1.165) is 36.3 Å². The minimum Gasteiger partial charge on any atom is -0.496 e. The molecule has 0 radical (unpaired) electrons. The monoisotopic (exact) mass is 274 g/mol. The van der Waals surface area contributed by atoms with Crippen LogP contribution in [-0.4, -0.2) is 37.0 Å². The molecule has 108 valence electrons. The van der Waals surface area contributed by atoms with Gasteiger partial charge in [-0.3, -0.25) is 4.79 Å². The summed E-state index contributed by atoms with van der Waals surface area (Å²) >= 11 is 0. The second kappa shape index (κ2) is 6.57. The second-order valence-corrected chi connectivity index (χ2v) is 5.09. The summed E-state index contributed by atoms with van der Waals surface area (Å²) in [6, 6.07) is 7.91. The molecule has 20 heavy (non-hydrogen) atoms. The highest BCUT2D eigenvalue weighted by atomic mass is 16.5. The van der Waals surface area contributed by atoms with Crippen molar-refractivity contribution in [3.8, 4) is 5.75 Å². The fourth-order valence-corrected chi connectivity index (χ4v) is 2.69. The molecule has 0 saturated carbocycles. The van der Waals surface area contributed by atoms with Crippen LogP contribution in [-0.2, 0) is 4.79 Å². The summed E-state index contributed by atoms with van der Waals surface area (Å²) in [5, 5.41) is 0. The van der Waals surface area contributed by atoms with Crippen LogP contribution in [0, 0.1) is 0 Å². The lowest BCUT2D eigenvalue weighted by molar-refractivity contribution is -0.126. The molecule has 0 bridgehead atoms. The molecule has 1 fully saturated rings. The van der Waals surface area contributed by atoms with E-state index in [1.807, 2.05) is 36.1 Å². The van der Waals surface area contributed by atoms with Gasteiger partial charge in [0, 0.05) is 30.8 Å². The Morgan fingerprint density at radius 3 is 2.95 bits per heavy atom. The number of likely N-dealkylation sites (tertiary alicyclic amines) is 1. The number of benzene rings is 1. The standard InChI is InChI=1S/C16H22N2O2/c1-12(14-7-3-4-8-15(14)20-2)10-16(19)18-9-5-6-13(18)11-17/h3-4,7-8,10,13H,5-6,9,11,17H2,1-2H3. The van der Waals surface area contributed by atoms with E-state index in [4.69, 9.17) is 10.5 Å². The summed E-state index contributed by atoms with van der Waals surface area (Å²) < 4.78 is 5.33. The predicted molar refractivity (Wildman–Crippen MR) is 80.4 cm³/mol. The smallest absolute Gasteiger partial charge is 0.247 e. The minimum atomic E-state index is 0.0429. The zero-order valence-corrected chi connectivity index (χ0v) is 12.1. The first-order valence-electron chi connectivity index (χ1n) is 6.99. The summed E-state index contributed by atoms with van der Waals surface area (Å²) in [7, 11) is 1.64. The van der Waals surface area contributed by atoms with E-state index in [-0.39, 0.29) is 11.9 Å². The molecule has 1 aromatic carbocycles. The Morgan fingerprint density at radius 1 is 1.50 bits per heavy atom. The number of carbonyl (C=O) groups excluding carboxylic acids is 1. The fraction of sp³-hybridized carbons (Fsp3) is 0.438. The number of allylic oxidation sites excluding steroid dienone is 1. The molecule has 0 aromatic heterocycles. The highest BCUT2D eigenvalue weighted by Crippen LogP contribution is 2.26. The third-order valence-corrected chi connectivity index (χ3v) is 3.80. The largest absolute Gasteiger partial charge is 0.496 e. The Kier molecular flexibility index (Phi) is 4.79. The van der Waals surface area contributed by atoms with Gasteiger partial charge in [0.1, 0.15) is 5.75 Å². The first-order chi connectivity index (χ1) is 9.67. The van der Waals surface area contributed by atoms with E-state index in [1.165, 1.54) is 0 Å². The third kappa shape index (κ3) is 3.02. The van der Waals surface area contributed by atoms with Crippen LogP contribution in [0.2, 0.25) is 0 Å². The number of nitrogens with two attached hydrogens (primary N) is 1. The maximum Gasteiger partial charge on any atom is 0.247 e. The van der Waals surface area contributed by atoms with Gasteiger partial charge in [0.15, 0.2) is 0 Å². The van der Waals surface area contributed by atoms with Crippen LogP contribution in [0.1, 0.15) is 25.3 Å². The Bertz CT molecular complexity index is 511. The summed E-state index contributed by atoms with van der Waals surface area (Å²) in [5.74, 6) is 0.826. The van der Waals surface area contributed by atoms with Gasteiger partial charge in [-0.25, -0.2) is 0 Å². The lowest BCUT2D eigenvalue weighted by atomic mass is 10.1. The van der Waals surface area contributed by atoms with Crippen LogP contribution >= 0.6 is 0 Å². The fourth-order valence-electron chi connectivity index (χ4n) is 2.69. The van der Waals surface area contributed by atoms with E-state index < -0.39 is 0 Å². The van der Waals surface area contributed by atoms with E-state index in [2.05, 4.69) is 0 Å². The molecule has 4 heteroatoms. The lowest BCUT2D eigenvalue weighted by Gasteiger charge is -2.22. The van der Waals surface area contributed by atoms with Gasteiger partial charge in [-0.05, 0) is 31.4 Å². The Labute approximate surface area is 120 Å². The molecule has 4 nitrogen and oxygen atoms in total. The van der Waals surface area contributed by atoms with Crippen LogP contribution < -0.4 is 10.5 Å². The average Bonchev–Trinajstić information content (AvgIpc) is 2.95.